The molecular weight excluding hydrogens is 545 g/mol. The lowest BCUT2D eigenvalue weighted by molar-refractivity contribution is -0.154. The van der Waals surface area contributed by atoms with Gasteiger partial charge in [-0.15, -0.1) is 0 Å². The maximum absolute atomic E-state index is 14.1. The van der Waals surface area contributed by atoms with Crippen LogP contribution in [0.25, 0.3) is 11.0 Å². The first kappa shape index (κ1) is 28.7. The van der Waals surface area contributed by atoms with Crippen molar-refractivity contribution >= 4 is 16.9 Å². The van der Waals surface area contributed by atoms with Crippen LogP contribution in [0.4, 0.5) is 13.2 Å². The fourth-order valence-electron chi connectivity index (χ4n) is 4.57. The number of hydrogen-bond donors (Lipinski definition) is 0. The molecule has 42 heavy (non-hydrogen) atoms. The summed E-state index contributed by atoms with van der Waals surface area (Å²) in [6.45, 7) is 5.99. The first-order valence-corrected chi connectivity index (χ1v) is 13.2. The molecule has 5 nitrogen and oxygen atoms in total. The van der Waals surface area contributed by atoms with Gasteiger partial charge >= 0.3 is 12.1 Å². The maximum atomic E-state index is 14.1. The lowest BCUT2D eigenvalue weighted by Gasteiger charge is -2.19. The fraction of sp³-hybridized carbons (Fsp3) is 0.176. The van der Waals surface area contributed by atoms with E-state index in [-0.39, 0.29) is 22.3 Å². The molecule has 0 saturated carbocycles. The number of alkyl halides is 3. The van der Waals surface area contributed by atoms with Crippen LogP contribution in [0.5, 0.6) is 17.2 Å². The van der Waals surface area contributed by atoms with Gasteiger partial charge in [-0.25, -0.2) is 0 Å². The molecule has 4 aromatic carbocycles. The van der Waals surface area contributed by atoms with Gasteiger partial charge in [-0.3, -0.25) is 9.59 Å². The van der Waals surface area contributed by atoms with Gasteiger partial charge in [0.15, 0.2) is 0 Å². The number of hydrogen-bond acceptors (Lipinski definition) is 5. The second kappa shape index (κ2) is 11.2. The smallest absolute Gasteiger partial charge is 0.449 e. The van der Waals surface area contributed by atoms with Crippen molar-refractivity contribution in [2.24, 2.45) is 0 Å². The summed E-state index contributed by atoms with van der Waals surface area (Å²) in [6, 6.07) is 28.1. The Morgan fingerprint density at radius 3 is 1.83 bits per heavy atom. The highest BCUT2D eigenvalue weighted by atomic mass is 19.4. The van der Waals surface area contributed by atoms with Gasteiger partial charge in [-0.2, -0.15) is 13.2 Å². The number of carbonyl (C=O) groups is 1. The van der Waals surface area contributed by atoms with Gasteiger partial charge < -0.3 is 13.9 Å². The summed E-state index contributed by atoms with van der Waals surface area (Å²) in [6.07, 6.45) is -5.04. The van der Waals surface area contributed by atoms with Crippen LogP contribution in [0.3, 0.4) is 0 Å². The van der Waals surface area contributed by atoms with E-state index in [2.05, 4.69) is 0 Å². The minimum atomic E-state index is -5.04. The first-order chi connectivity index (χ1) is 19.9. The summed E-state index contributed by atoms with van der Waals surface area (Å²) >= 11 is 0. The largest absolute Gasteiger partial charge is 0.453 e. The van der Waals surface area contributed by atoms with Crippen LogP contribution in [0.1, 0.15) is 49.1 Å². The third kappa shape index (κ3) is 6.07. The summed E-state index contributed by atoms with van der Waals surface area (Å²) < 4.78 is 58.5. The number of carbonyl (C=O) groups excluding carboxylic acids is 1. The van der Waals surface area contributed by atoms with E-state index in [0.29, 0.717) is 11.1 Å². The Morgan fingerprint density at radius 2 is 1.31 bits per heavy atom. The highest BCUT2D eigenvalue weighted by Crippen LogP contribution is 2.39. The number of fused-ring (bicyclic) bond motifs is 1. The van der Waals surface area contributed by atoms with Gasteiger partial charge in [0.1, 0.15) is 23.0 Å². The molecule has 0 amide bonds. The highest BCUT2D eigenvalue weighted by molar-refractivity contribution is 5.86. The van der Waals surface area contributed by atoms with Gasteiger partial charge in [0, 0.05) is 6.07 Å². The number of halogens is 3. The zero-order chi connectivity index (χ0) is 30.1. The topological polar surface area (TPSA) is 65.7 Å². The van der Waals surface area contributed by atoms with E-state index in [9.17, 15) is 22.8 Å². The third-order valence-electron chi connectivity index (χ3n) is 6.74. The number of ether oxygens (including phenoxy) is 2. The van der Waals surface area contributed by atoms with E-state index in [4.69, 9.17) is 13.9 Å². The molecule has 5 rings (SSSR count). The Balaban J connectivity index is 1.50. The SMILES string of the molecule is CC(C)(C)c1ccc(Oc2c(C(F)(F)F)oc3cc(OC(=O)C(c4ccccc4)c4ccccc4)ccc3c2=O)cc1. The van der Waals surface area contributed by atoms with Crippen molar-refractivity contribution in [3.05, 3.63) is 136 Å². The number of rotatable bonds is 6. The van der Waals surface area contributed by atoms with Crippen LogP contribution in [-0.2, 0) is 16.4 Å². The number of esters is 1. The quantitative estimate of drug-likeness (QED) is 0.151. The molecule has 0 saturated heterocycles. The normalized spacial score (nSPS) is 12.0. The molecule has 0 atom stereocenters. The van der Waals surface area contributed by atoms with Crippen molar-refractivity contribution in [1.82, 2.24) is 0 Å². The zero-order valence-electron chi connectivity index (χ0n) is 23.1. The molecule has 1 heterocycles. The van der Waals surface area contributed by atoms with Crippen LogP contribution in [0.2, 0.25) is 0 Å². The molecule has 0 fully saturated rings. The average Bonchev–Trinajstić information content (AvgIpc) is 2.95. The van der Waals surface area contributed by atoms with Crippen LogP contribution < -0.4 is 14.9 Å². The van der Waals surface area contributed by atoms with Crippen LogP contribution in [0.15, 0.2) is 112 Å². The van der Waals surface area contributed by atoms with Crippen LogP contribution in [-0.4, -0.2) is 5.97 Å². The van der Waals surface area contributed by atoms with Crippen molar-refractivity contribution in [3.63, 3.8) is 0 Å². The summed E-state index contributed by atoms with van der Waals surface area (Å²) in [7, 11) is 0. The van der Waals surface area contributed by atoms with E-state index < -0.39 is 40.6 Å². The maximum Gasteiger partial charge on any atom is 0.453 e. The molecule has 0 N–H and O–H groups in total. The fourth-order valence-corrected chi connectivity index (χ4v) is 4.57. The Labute approximate surface area is 240 Å². The van der Waals surface area contributed by atoms with E-state index in [1.165, 1.54) is 24.3 Å². The molecule has 0 spiro atoms. The molecule has 0 aliphatic carbocycles. The molecule has 0 radical (unpaired) electrons. The molecular formula is C34H27F3O5. The summed E-state index contributed by atoms with van der Waals surface area (Å²) in [5.41, 5.74) is 0.716. The van der Waals surface area contributed by atoms with Crippen LogP contribution in [0, 0.1) is 0 Å². The molecule has 0 aliphatic rings. The lowest BCUT2D eigenvalue weighted by Crippen LogP contribution is -2.20. The van der Waals surface area contributed by atoms with Crippen molar-refractivity contribution in [2.45, 2.75) is 38.3 Å². The van der Waals surface area contributed by atoms with E-state index in [1.807, 2.05) is 32.9 Å². The second-order valence-electron chi connectivity index (χ2n) is 10.8. The van der Waals surface area contributed by atoms with Gasteiger partial charge in [0.05, 0.1) is 5.39 Å². The predicted molar refractivity (Wildman–Crippen MR) is 153 cm³/mol. The minimum absolute atomic E-state index is 0.0542. The number of benzene rings is 4. The van der Waals surface area contributed by atoms with Crippen molar-refractivity contribution in [1.29, 1.82) is 0 Å². The second-order valence-corrected chi connectivity index (χ2v) is 10.8. The average molecular weight is 573 g/mol. The molecule has 0 bridgehead atoms. The van der Waals surface area contributed by atoms with E-state index in [0.717, 1.165) is 11.6 Å². The van der Waals surface area contributed by atoms with Gasteiger partial charge in [-0.1, -0.05) is 93.6 Å². The molecule has 0 aliphatic heterocycles. The minimum Gasteiger partial charge on any atom is -0.449 e. The monoisotopic (exact) mass is 572 g/mol. The Kier molecular flexibility index (Phi) is 7.65. The molecule has 5 aromatic rings. The Hall–Kier alpha value is -4.85. The van der Waals surface area contributed by atoms with Crippen LogP contribution >= 0.6 is 0 Å². The Morgan fingerprint density at radius 1 is 0.762 bits per heavy atom. The first-order valence-electron chi connectivity index (χ1n) is 13.2. The van der Waals surface area contributed by atoms with E-state index in [1.54, 1.807) is 60.7 Å². The molecule has 214 valence electrons. The van der Waals surface area contributed by atoms with Crippen molar-refractivity contribution < 1.29 is 31.9 Å². The van der Waals surface area contributed by atoms with Gasteiger partial charge in [-0.05, 0) is 46.4 Å². The summed E-state index contributed by atoms with van der Waals surface area (Å²) in [4.78, 5) is 26.6. The standard InChI is InChI=1S/C34H27F3O5/c1-33(2,3)23-14-16-24(17-15-23)40-30-29(38)26-19-18-25(20-27(26)42-31(30)34(35,36)37)41-32(39)28(21-10-6-4-7-11-21)22-12-8-5-9-13-22/h4-20,28H,1-3H3. The molecule has 1 aromatic heterocycles. The lowest BCUT2D eigenvalue weighted by atomic mass is 9.87. The zero-order valence-corrected chi connectivity index (χ0v) is 23.1. The molecule has 0 unspecified atom stereocenters. The summed E-state index contributed by atoms with van der Waals surface area (Å²) in [5, 5.41) is -0.160. The third-order valence-corrected chi connectivity index (χ3v) is 6.74. The highest BCUT2D eigenvalue weighted by Gasteiger charge is 2.40. The van der Waals surface area contributed by atoms with E-state index >= 15 is 0 Å². The van der Waals surface area contributed by atoms with Gasteiger partial charge in [0.2, 0.25) is 11.2 Å². The van der Waals surface area contributed by atoms with Crippen molar-refractivity contribution in [2.75, 3.05) is 0 Å². The predicted octanol–water partition coefficient (Wildman–Crippen LogP) is 8.64. The summed E-state index contributed by atoms with van der Waals surface area (Å²) in [5.74, 6) is -4.03. The van der Waals surface area contributed by atoms with Gasteiger partial charge in [0.25, 0.3) is 5.76 Å². The Bertz CT molecular complexity index is 1730. The molecule has 8 heteroatoms. The van der Waals surface area contributed by atoms with Crippen molar-refractivity contribution in [3.8, 4) is 17.2 Å².